The molecule has 4 nitrogen and oxygen atoms in total. The van der Waals surface area contributed by atoms with Crippen molar-refractivity contribution in [3.05, 3.63) is 41.0 Å². The van der Waals surface area contributed by atoms with Crippen molar-refractivity contribution >= 4 is 0 Å². The van der Waals surface area contributed by atoms with Crippen molar-refractivity contribution in [2.24, 2.45) is 5.92 Å². The van der Waals surface area contributed by atoms with Crippen LogP contribution in [0.1, 0.15) is 36.6 Å². The Hall–Kier alpha value is -1.68. The summed E-state index contributed by atoms with van der Waals surface area (Å²) in [5.74, 6) is 2.41. The van der Waals surface area contributed by atoms with Crippen LogP contribution < -0.4 is 5.32 Å². The lowest BCUT2D eigenvalue weighted by Crippen LogP contribution is -2.19. The molecule has 0 unspecified atom stereocenters. The number of benzene rings is 1. The maximum absolute atomic E-state index is 4.43. The first-order valence-corrected chi connectivity index (χ1v) is 7.18. The monoisotopic (exact) mass is 272 g/mol. The largest absolute Gasteiger partial charge is 0.312 e. The average molecular weight is 272 g/mol. The van der Waals surface area contributed by atoms with Crippen LogP contribution in [0.4, 0.5) is 0 Å². The molecule has 0 atom stereocenters. The molecule has 1 heterocycles. The van der Waals surface area contributed by atoms with Gasteiger partial charge in [-0.15, -0.1) is 0 Å². The molecule has 0 radical (unpaired) electrons. The zero-order chi connectivity index (χ0) is 14.7. The van der Waals surface area contributed by atoms with Crippen LogP contribution in [-0.2, 0) is 6.54 Å². The van der Waals surface area contributed by atoms with Crippen LogP contribution in [0, 0.1) is 26.7 Å². The van der Waals surface area contributed by atoms with E-state index in [1.54, 1.807) is 0 Å². The zero-order valence-electron chi connectivity index (χ0n) is 13.1. The van der Waals surface area contributed by atoms with Gasteiger partial charge in [0, 0.05) is 6.54 Å². The van der Waals surface area contributed by atoms with E-state index in [4.69, 9.17) is 0 Å². The van der Waals surface area contributed by atoms with E-state index in [1.807, 2.05) is 18.5 Å². The van der Waals surface area contributed by atoms with Gasteiger partial charge in [0.2, 0.25) is 0 Å². The van der Waals surface area contributed by atoms with E-state index in [9.17, 15) is 0 Å². The first-order valence-electron chi connectivity index (χ1n) is 7.18. The Kier molecular flexibility index (Phi) is 4.55. The number of rotatable bonds is 5. The highest BCUT2D eigenvalue weighted by Gasteiger charge is 2.07. The number of nitrogens with one attached hydrogen (secondary N) is 1. The standard InChI is InChI=1S/C16H24N4/c1-11(2)9-17-10-15-6-7-16(8-12(15)3)20-14(5)18-13(4)19-20/h6-8,11,17H,9-10H2,1-5H3. The molecule has 2 aromatic rings. The minimum Gasteiger partial charge on any atom is -0.312 e. The summed E-state index contributed by atoms with van der Waals surface area (Å²) < 4.78 is 1.90. The summed E-state index contributed by atoms with van der Waals surface area (Å²) in [5.41, 5.74) is 3.70. The highest BCUT2D eigenvalue weighted by Crippen LogP contribution is 2.15. The van der Waals surface area contributed by atoms with E-state index in [2.05, 4.69) is 54.4 Å². The van der Waals surface area contributed by atoms with Gasteiger partial charge < -0.3 is 5.32 Å². The molecular formula is C16H24N4. The second-order valence-electron chi connectivity index (χ2n) is 5.75. The number of aromatic nitrogens is 3. The molecule has 0 saturated carbocycles. The predicted molar refractivity (Wildman–Crippen MR) is 82.1 cm³/mol. The summed E-state index contributed by atoms with van der Waals surface area (Å²) in [5, 5.41) is 7.91. The van der Waals surface area contributed by atoms with Crippen molar-refractivity contribution in [3.8, 4) is 5.69 Å². The summed E-state index contributed by atoms with van der Waals surface area (Å²) in [6.45, 7) is 12.4. The molecular weight excluding hydrogens is 248 g/mol. The molecule has 1 aromatic carbocycles. The van der Waals surface area contributed by atoms with Crippen LogP contribution in [0.25, 0.3) is 5.69 Å². The SMILES string of the molecule is Cc1nc(C)n(-c2ccc(CNCC(C)C)c(C)c2)n1. The minimum absolute atomic E-state index is 0.676. The van der Waals surface area contributed by atoms with Crippen LogP contribution in [0.15, 0.2) is 18.2 Å². The molecule has 20 heavy (non-hydrogen) atoms. The normalized spacial score (nSPS) is 11.3. The molecule has 0 amide bonds. The molecule has 0 aliphatic heterocycles. The van der Waals surface area contributed by atoms with E-state index in [1.165, 1.54) is 11.1 Å². The smallest absolute Gasteiger partial charge is 0.148 e. The van der Waals surface area contributed by atoms with Gasteiger partial charge in [-0.25, -0.2) is 9.67 Å². The van der Waals surface area contributed by atoms with E-state index >= 15 is 0 Å². The van der Waals surface area contributed by atoms with Gasteiger partial charge in [-0.3, -0.25) is 0 Å². The molecule has 1 N–H and O–H groups in total. The Bertz CT molecular complexity index is 584. The molecule has 0 aliphatic carbocycles. The number of hydrogen-bond acceptors (Lipinski definition) is 3. The van der Waals surface area contributed by atoms with Crippen molar-refractivity contribution in [1.82, 2.24) is 20.1 Å². The summed E-state index contributed by atoms with van der Waals surface area (Å²) >= 11 is 0. The van der Waals surface area contributed by atoms with Crippen LogP contribution in [0.3, 0.4) is 0 Å². The zero-order valence-corrected chi connectivity index (χ0v) is 13.1. The van der Waals surface area contributed by atoms with Crippen LogP contribution in [0.2, 0.25) is 0 Å². The molecule has 0 fully saturated rings. The fraction of sp³-hybridized carbons (Fsp3) is 0.500. The van der Waals surface area contributed by atoms with Gasteiger partial charge in [0.25, 0.3) is 0 Å². The fourth-order valence-electron chi connectivity index (χ4n) is 2.27. The van der Waals surface area contributed by atoms with Gasteiger partial charge >= 0.3 is 0 Å². The second-order valence-corrected chi connectivity index (χ2v) is 5.75. The Labute approximate surface area is 121 Å². The van der Waals surface area contributed by atoms with Gasteiger partial charge in [0.15, 0.2) is 0 Å². The van der Waals surface area contributed by atoms with Crippen LogP contribution in [-0.4, -0.2) is 21.3 Å². The summed E-state index contributed by atoms with van der Waals surface area (Å²) in [4.78, 5) is 4.35. The third-order valence-corrected chi connectivity index (χ3v) is 3.31. The van der Waals surface area contributed by atoms with E-state index in [0.717, 1.165) is 30.4 Å². The quantitative estimate of drug-likeness (QED) is 0.910. The van der Waals surface area contributed by atoms with E-state index in [0.29, 0.717) is 5.92 Å². The van der Waals surface area contributed by atoms with Crippen LogP contribution in [0.5, 0.6) is 0 Å². The summed E-state index contributed by atoms with van der Waals surface area (Å²) in [7, 11) is 0. The van der Waals surface area contributed by atoms with E-state index < -0.39 is 0 Å². The molecule has 108 valence electrons. The predicted octanol–water partition coefficient (Wildman–Crippen LogP) is 2.94. The Morgan fingerprint density at radius 2 is 1.95 bits per heavy atom. The number of aryl methyl sites for hydroxylation is 3. The molecule has 2 rings (SSSR count). The van der Waals surface area contributed by atoms with Crippen LogP contribution >= 0.6 is 0 Å². The minimum atomic E-state index is 0.676. The Balaban J connectivity index is 2.15. The van der Waals surface area contributed by atoms with Crippen molar-refractivity contribution < 1.29 is 0 Å². The second kappa shape index (κ2) is 6.18. The van der Waals surface area contributed by atoms with E-state index in [-0.39, 0.29) is 0 Å². The third kappa shape index (κ3) is 3.45. The maximum Gasteiger partial charge on any atom is 0.148 e. The first-order chi connectivity index (χ1) is 9.47. The molecule has 0 aliphatic rings. The molecule has 0 saturated heterocycles. The van der Waals surface area contributed by atoms with Crippen molar-refractivity contribution in [3.63, 3.8) is 0 Å². The molecule has 0 spiro atoms. The molecule has 4 heteroatoms. The lowest BCUT2D eigenvalue weighted by atomic mass is 10.1. The molecule has 1 aromatic heterocycles. The van der Waals surface area contributed by atoms with Crippen molar-refractivity contribution in [2.45, 2.75) is 41.2 Å². The number of nitrogens with zero attached hydrogens (tertiary/aromatic N) is 3. The topological polar surface area (TPSA) is 42.7 Å². The van der Waals surface area contributed by atoms with Gasteiger partial charge in [0.05, 0.1) is 5.69 Å². The highest BCUT2D eigenvalue weighted by atomic mass is 15.3. The molecule has 0 bridgehead atoms. The average Bonchev–Trinajstić information content (AvgIpc) is 2.70. The lowest BCUT2D eigenvalue weighted by Gasteiger charge is -2.11. The van der Waals surface area contributed by atoms with Crippen molar-refractivity contribution in [1.29, 1.82) is 0 Å². The van der Waals surface area contributed by atoms with Crippen molar-refractivity contribution in [2.75, 3.05) is 6.54 Å². The third-order valence-electron chi connectivity index (χ3n) is 3.31. The van der Waals surface area contributed by atoms with Gasteiger partial charge in [-0.1, -0.05) is 19.9 Å². The first kappa shape index (κ1) is 14.7. The maximum atomic E-state index is 4.43. The van der Waals surface area contributed by atoms with Gasteiger partial charge in [0.1, 0.15) is 11.6 Å². The highest BCUT2D eigenvalue weighted by molar-refractivity contribution is 5.40. The van der Waals surface area contributed by atoms with Gasteiger partial charge in [-0.05, 0) is 56.5 Å². The lowest BCUT2D eigenvalue weighted by molar-refractivity contribution is 0.551. The summed E-state index contributed by atoms with van der Waals surface area (Å²) in [6, 6.07) is 6.46. The Morgan fingerprint density at radius 3 is 2.50 bits per heavy atom. The fourth-order valence-corrected chi connectivity index (χ4v) is 2.27. The van der Waals surface area contributed by atoms with Gasteiger partial charge in [-0.2, -0.15) is 5.10 Å². The Morgan fingerprint density at radius 1 is 1.20 bits per heavy atom. The number of hydrogen-bond donors (Lipinski definition) is 1. The summed E-state index contributed by atoms with van der Waals surface area (Å²) in [6.07, 6.45) is 0.